The largest absolute Gasteiger partial charge is 0.491 e. The Bertz CT molecular complexity index is 1440. The summed E-state index contributed by atoms with van der Waals surface area (Å²) in [7, 11) is -6.07. The minimum Gasteiger partial charge on any atom is -0.491 e. The van der Waals surface area contributed by atoms with Crippen LogP contribution in [0.15, 0.2) is 52.3 Å². The summed E-state index contributed by atoms with van der Waals surface area (Å²) < 4.78 is 65.5. The summed E-state index contributed by atoms with van der Waals surface area (Å²) in [6.07, 6.45) is 0.886. The molecule has 2 saturated heterocycles. The van der Waals surface area contributed by atoms with Crippen LogP contribution in [0.2, 0.25) is 5.02 Å². The number of benzene rings is 2. The maximum Gasteiger partial charge on any atom is 0.244 e. The number of hydrogen-bond acceptors (Lipinski definition) is 9. The van der Waals surface area contributed by atoms with Crippen LogP contribution in [0, 0.1) is 11.3 Å². The second-order valence-corrected chi connectivity index (χ2v) is 13.8. The number of hydrogen-bond donors (Lipinski definition) is 3. The second-order valence-electron chi connectivity index (χ2n) is 9.61. The third kappa shape index (κ3) is 6.90. The number of halogens is 1. The van der Waals surface area contributed by atoms with Crippen molar-refractivity contribution in [3.63, 3.8) is 0 Å². The Morgan fingerprint density at radius 1 is 1.23 bits per heavy atom. The van der Waals surface area contributed by atoms with E-state index in [1.807, 2.05) is 6.07 Å². The Hall–Kier alpha value is -2.28. The zero-order valence-electron chi connectivity index (χ0n) is 21.3. The number of aliphatic hydroxyl groups is 1. The third-order valence-corrected chi connectivity index (χ3v) is 10.8. The number of nitriles is 1. The lowest BCUT2D eigenvalue weighted by atomic mass is 9.88. The maximum absolute atomic E-state index is 13.1. The number of sulfonamides is 2. The Kier molecular flexibility index (Phi) is 9.19. The smallest absolute Gasteiger partial charge is 0.244 e. The fraction of sp³-hybridized carbons (Fsp3) is 0.480. The van der Waals surface area contributed by atoms with E-state index >= 15 is 0 Å². The lowest BCUT2D eigenvalue weighted by Gasteiger charge is -2.38. The zero-order valence-corrected chi connectivity index (χ0v) is 23.7. The molecule has 2 fully saturated rings. The van der Waals surface area contributed by atoms with E-state index in [1.165, 1.54) is 41.7 Å². The van der Waals surface area contributed by atoms with Gasteiger partial charge in [0.15, 0.2) is 0 Å². The molecule has 4 rings (SSSR count). The molecule has 212 valence electrons. The highest BCUT2D eigenvalue weighted by Gasteiger charge is 2.45. The van der Waals surface area contributed by atoms with Crippen LogP contribution < -0.4 is 14.8 Å². The maximum atomic E-state index is 13.1. The number of aliphatic hydroxyl groups excluding tert-OH is 1. The lowest BCUT2D eigenvalue weighted by molar-refractivity contribution is -0.0312. The van der Waals surface area contributed by atoms with Crippen LogP contribution in [-0.2, 0) is 24.8 Å². The first-order valence-corrected chi connectivity index (χ1v) is 15.7. The highest BCUT2D eigenvalue weighted by molar-refractivity contribution is 7.89. The summed E-state index contributed by atoms with van der Waals surface area (Å²) in [5, 5.41) is 22.7. The molecule has 2 aliphatic rings. The molecule has 0 aromatic heterocycles. The van der Waals surface area contributed by atoms with Gasteiger partial charge in [0.2, 0.25) is 20.0 Å². The molecule has 39 heavy (non-hydrogen) atoms. The predicted molar refractivity (Wildman–Crippen MR) is 143 cm³/mol. The van der Waals surface area contributed by atoms with E-state index in [4.69, 9.17) is 26.3 Å². The fourth-order valence-electron chi connectivity index (χ4n) is 4.78. The van der Waals surface area contributed by atoms with Crippen molar-refractivity contribution >= 4 is 31.6 Å². The van der Waals surface area contributed by atoms with Gasteiger partial charge in [0.25, 0.3) is 0 Å². The number of nitrogens with one attached hydrogen (secondary N) is 2. The molecule has 0 amide bonds. The normalized spacial score (nSPS) is 20.5. The van der Waals surface area contributed by atoms with E-state index in [1.54, 1.807) is 12.1 Å². The summed E-state index contributed by atoms with van der Waals surface area (Å²) >= 11 is 6.15. The van der Waals surface area contributed by atoms with Crippen LogP contribution in [0.5, 0.6) is 5.75 Å². The second kappa shape index (κ2) is 12.1. The van der Waals surface area contributed by atoms with Crippen molar-refractivity contribution < 1.29 is 31.4 Å². The molecule has 2 unspecified atom stereocenters. The van der Waals surface area contributed by atoms with Gasteiger partial charge < -0.3 is 19.9 Å². The van der Waals surface area contributed by atoms with Gasteiger partial charge in [-0.05, 0) is 56.6 Å². The van der Waals surface area contributed by atoms with Crippen molar-refractivity contribution in [2.75, 3.05) is 39.9 Å². The van der Waals surface area contributed by atoms with Crippen LogP contribution in [0.3, 0.4) is 0 Å². The number of nitrogens with zero attached hydrogens (tertiary/aromatic N) is 2. The Morgan fingerprint density at radius 3 is 2.64 bits per heavy atom. The van der Waals surface area contributed by atoms with E-state index in [0.29, 0.717) is 37.2 Å². The van der Waals surface area contributed by atoms with Crippen LogP contribution in [0.25, 0.3) is 0 Å². The highest BCUT2D eigenvalue weighted by Crippen LogP contribution is 2.38. The van der Waals surface area contributed by atoms with Gasteiger partial charge in [-0.3, -0.25) is 0 Å². The van der Waals surface area contributed by atoms with E-state index in [0.717, 1.165) is 0 Å². The van der Waals surface area contributed by atoms with E-state index in [-0.39, 0.29) is 47.1 Å². The first-order valence-electron chi connectivity index (χ1n) is 12.4. The molecule has 0 bridgehead atoms. The van der Waals surface area contributed by atoms with Crippen molar-refractivity contribution in [1.82, 2.24) is 14.3 Å². The van der Waals surface area contributed by atoms with Gasteiger partial charge in [-0.15, -0.1) is 0 Å². The summed E-state index contributed by atoms with van der Waals surface area (Å²) in [4.78, 5) is 0.0555. The first kappa shape index (κ1) is 29.7. The highest BCUT2D eigenvalue weighted by atomic mass is 35.5. The average molecular weight is 599 g/mol. The molecule has 3 N–H and O–H groups in total. The molecule has 14 heteroatoms. The molecule has 2 heterocycles. The van der Waals surface area contributed by atoms with Gasteiger partial charge in [-0.25, -0.2) is 21.6 Å². The monoisotopic (exact) mass is 598 g/mol. The van der Waals surface area contributed by atoms with Crippen molar-refractivity contribution in [3.05, 3.63) is 53.1 Å². The summed E-state index contributed by atoms with van der Waals surface area (Å²) in [5.74, 6) is 0.331. The van der Waals surface area contributed by atoms with E-state index < -0.39 is 31.8 Å². The molecule has 2 atom stereocenters. The quantitative estimate of drug-likeness (QED) is 0.368. The standard InChI is InChI=1S/C25H31ClN4O7S2/c1-28-38(32,33)22-4-2-3-21(12-22)36-17-20(31)15-29-19-13-25(37-16-19)7-9-30(10-8-25)39(34,35)24-6-5-18(14-27)11-23(24)26/h2-6,11-12,19-20,28-29,31H,7-10,13,15-17H2,1H3. The SMILES string of the molecule is CNS(=O)(=O)c1cccc(OCC(O)CNC2COC3(CCN(S(=O)(=O)c4ccc(C#N)cc4Cl)CC3)C2)c1. The molecular weight excluding hydrogens is 568 g/mol. The van der Waals surface area contributed by atoms with Gasteiger partial charge in [0.05, 0.1) is 33.8 Å². The molecule has 0 aliphatic carbocycles. The van der Waals surface area contributed by atoms with Gasteiger partial charge >= 0.3 is 0 Å². The average Bonchev–Trinajstić information content (AvgIpc) is 3.32. The molecule has 0 radical (unpaired) electrons. The Balaban J connectivity index is 1.24. The summed E-state index contributed by atoms with van der Waals surface area (Å²) in [5.41, 5.74) is -0.154. The van der Waals surface area contributed by atoms with Crippen molar-refractivity contribution in [2.45, 2.75) is 46.8 Å². The van der Waals surface area contributed by atoms with Crippen LogP contribution in [0.1, 0.15) is 24.8 Å². The molecule has 11 nitrogen and oxygen atoms in total. The predicted octanol–water partition coefficient (Wildman–Crippen LogP) is 1.46. The molecule has 2 aliphatic heterocycles. The van der Waals surface area contributed by atoms with Gasteiger partial charge in [-0.2, -0.15) is 9.57 Å². The molecule has 0 saturated carbocycles. The van der Waals surface area contributed by atoms with Gasteiger partial charge in [0, 0.05) is 31.7 Å². The number of piperidine rings is 1. The first-order chi connectivity index (χ1) is 18.5. The van der Waals surface area contributed by atoms with Crippen molar-refractivity contribution in [2.24, 2.45) is 0 Å². The number of ether oxygens (including phenoxy) is 2. The van der Waals surface area contributed by atoms with Crippen LogP contribution in [0.4, 0.5) is 0 Å². The van der Waals surface area contributed by atoms with Crippen molar-refractivity contribution in [3.8, 4) is 11.8 Å². The van der Waals surface area contributed by atoms with Crippen LogP contribution >= 0.6 is 11.6 Å². The topological polar surface area (TPSA) is 158 Å². The Morgan fingerprint density at radius 2 is 1.97 bits per heavy atom. The fourth-order valence-corrected chi connectivity index (χ4v) is 7.50. The lowest BCUT2D eigenvalue weighted by Crippen LogP contribution is -2.47. The minimum atomic E-state index is -3.80. The van der Waals surface area contributed by atoms with E-state index in [2.05, 4.69) is 10.0 Å². The van der Waals surface area contributed by atoms with Crippen LogP contribution in [-0.4, -0.2) is 83.9 Å². The Labute approximate surface area is 233 Å². The molecular formula is C25H31ClN4O7S2. The van der Waals surface area contributed by atoms with Crippen molar-refractivity contribution in [1.29, 1.82) is 5.26 Å². The molecule has 1 spiro atoms. The van der Waals surface area contributed by atoms with E-state index in [9.17, 15) is 21.9 Å². The van der Waals surface area contributed by atoms with Gasteiger partial charge in [-0.1, -0.05) is 17.7 Å². The summed E-state index contributed by atoms with van der Waals surface area (Å²) in [6.45, 7) is 1.22. The summed E-state index contributed by atoms with van der Waals surface area (Å²) in [6, 6.07) is 12.1. The zero-order chi connectivity index (χ0) is 28.3. The molecule has 2 aromatic carbocycles. The number of rotatable bonds is 10. The minimum absolute atomic E-state index is 0.0140. The molecule has 2 aromatic rings. The third-order valence-electron chi connectivity index (χ3n) is 6.99. The van der Waals surface area contributed by atoms with Gasteiger partial charge in [0.1, 0.15) is 23.4 Å².